The lowest BCUT2D eigenvalue weighted by Crippen LogP contribution is -2.26. The van der Waals surface area contributed by atoms with E-state index in [0.717, 1.165) is 24.1 Å². The molecular weight excluding hydrogens is 224 g/mol. The number of hydrogen-bond acceptors (Lipinski definition) is 2. The van der Waals surface area contributed by atoms with Crippen LogP contribution in [0.25, 0.3) is 0 Å². The van der Waals surface area contributed by atoms with Crippen molar-refractivity contribution in [3.63, 3.8) is 0 Å². The van der Waals surface area contributed by atoms with Crippen LogP contribution in [0.2, 0.25) is 0 Å². The van der Waals surface area contributed by atoms with E-state index in [1.165, 1.54) is 0 Å². The number of amides is 1. The highest BCUT2D eigenvalue weighted by atomic mass is 35.5. The third kappa shape index (κ3) is 5.14. The second-order valence-electron chi connectivity index (χ2n) is 3.58. The average molecular weight is 243 g/mol. The highest BCUT2D eigenvalue weighted by Gasteiger charge is 2.03. The van der Waals surface area contributed by atoms with E-state index in [1.807, 2.05) is 38.2 Å². The Bertz CT molecular complexity index is 329. The van der Waals surface area contributed by atoms with Gasteiger partial charge < -0.3 is 10.6 Å². The van der Waals surface area contributed by atoms with Crippen LogP contribution in [0.5, 0.6) is 0 Å². The lowest BCUT2D eigenvalue weighted by atomic mass is 10.1. The highest BCUT2D eigenvalue weighted by molar-refractivity contribution is 5.94. The second-order valence-corrected chi connectivity index (χ2v) is 3.58. The molecule has 0 aliphatic rings. The van der Waals surface area contributed by atoms with Crippen LogP contribution < -0.4 is 10.6 Å². The maximum Gasteiger partial charge on any atom is 0.251 e. The Kier molecular flexibility index (Phi) is 7.60. The molecule has 0 spiro atoms. The van der Waals surface area contributed by atoms with Gasteiger partial charge >= 0.3 is 0 Å². The van der Waals surface area contributed by atoms with E-state index in [4.69, 9.17) is 0 Å². The summed E-state index contributed by atoms with van der Waals surface area (Å²) in [5.74, 6) is 0.00908. The van der Waals surface area contributed by atoms with Crippen molar-refractivity contribution < 1.29 is 4.79 Å². The molecule has 1 amide bonds. The van der Waals surface area contributed by atoms with Crippen molar-refractivity contribution in [1.29, 1.82) is 0 Å². The number of aryl methyl sites for hydroxylation is 1. The van der Waals surface area contributed by atoms with Gasteiger partial charge in [-0.05, 0) is 39.1 Å². The maximum atomic E-state index is 11.6. The molecule has 0 aromatic heterocycles. The monoisotopic (exact) mass is 242 g/mol. The summed E-state index contributed by atoms with van der Waals surface area (Å²) in [6, 6.07) is 7.61. The first-order chi connectivity index (χ1) is 7.24. The van der Waals surface area contributed by atoms with Crippen LogP contribution in [-0.2, 0) is 0 Å². The van der Waals surface area contributed by atoms with E-state index in [2.05, 4.69) is 10.6 Å². The Morgan fingerprint density at radius 3 is 2.69 bits per heavy atom. The Morgan fingerprint density at radius 1 is 1.31 bits per heavy atom. The van der Waals surface area contributed by atoms with E-state index in [1.54, 1.807) is 0 Å². The highest BCUT2D eigenvalue weighted by Crippen LogP contribution is 2.03. The summed E-state index contributed by atoms with van der Waals surface area (Å²) < 4.78 is 0. The molecule has 0 aliphatic heterocycles. The molecule has 0 heterocycles. The van der Waals surface area contributed by atoms with Gasteiger partial charge in [0, 0.05) is 12.1 Å². The van der Waals surface area contributed by atoms with Crippen LogP contribution in [0, 0.1) is 6.92 Å². The van der Waals surface area contributed by atoms with E-state index in [9.17, 15) is 4.79 Å². The van der Waals surface area contributed by atoms with Gasteiger partial charge in [-0.2, -0.15) is 0 Å². The van der Waals surface area contributed by atoms with Crippen molar-refractivity contribution in [3.05, 3.63) is 35.4 Å². The fraction of sp³-hybridized carbons (Fsp3) is 0.417. The Balaban J connectivity index is 0.00000225. The third-order valence-electron chi connectivity index (χ3n) is 2.17. The predicted molar refractivity (Wildman–Crippen MR) is 69.3 cm³/mol. The molecule has 2 N–H and O–H groups in total. The first-order valence-electron chi connectivity index (χ1n) is 5.23. The summed E-state index contributed by atoms with van der Waals surface area (Å²) in [5.41, 5.74) is 1.84. The largest absolute Gasteiger partial charge is 0.352 e. The number of carbonyl (C=O) groups excluding carboxylic acids is 1. The van der Waals surface area contributed by atoms with Crippen molar-refractivity contribution >= 4 is 18.3 Å². The molecule has 0 atom stereocenters. The van der Waals surface area contributed by atoms with Crippen molar-refractivity contribution in [3.8, 4) is 0 Å². The fourth-order valence-corrected chi connectivity index (χ4v) is 1.36. The van der Waals surface area contributed by atoms with Gasteiger partial charge in [-0.3, -0.25) is 4.79 Å². The van der Waals surface area contributed by atoms with Crippen molar-refractivity contribution in [2.45, 2.75) is 13.3 Å². The Hall–Kier alpha value is -1.06. The predicted octanol–water partition coefficient (Wildman–Crippen LogP) is 1.76. The van der Waals surface area contributed by atoms with E-state index < -0.39 is 0 Å². The van der Waals surface area contributed by atoms with Gasteiger partial charge in [0.05, 0.1) is 0 Å². The van der Waals surface area contributed by atoms with Crippen LogP contribution >= 0.6 is 12.4 Å². The molecular formula is C12H19ClN2O. The van der Waals surface area contributed by atoms with Crippen molar-refractivity contribution in [2.75, 3.05) is 20.1 Å². The molecule has 0 saturated heterocycles. The molecule has 0 saturated carbocycles. The van der Waals surface area contributed by atoms with Crippen LogP contribution in [0.1, 0.15) is 22.3 Å². The average Bonchev–Trinajstić information content (AvgIpc) is 2.24. The normalized spacial score (nSPS) is 9.38. The minimum atomic E-state index is 0. The lowest BCUT2D eigenvalue weighted by molar-refractivity contribution is 0.0953. The smallest absolute Gasteiger partial charge is 0.251 e. The second kappa shape index (κ2) is 8.13. The zero-order chi connectivity index (χ0) is 11.1. The SMILES string of the molecule is CNCCCNC(=O)c1cccc(C)c1.Cl. The zero-order valence-electron chi connectivity index (χ0n) is 9.75. The van der Waals surface area contributed by atoms with Gasteiger partial charge in [0.15, 0.2) is 0 Å². The molecule has 1 rings (SSSR count). The summed E-state index contributed by atoms with van der Waals surface area (Å²) in [6.07, 6.45) is 0.952. The lowest BCUT2D eigenvalue weighted by Gasteiger charge is -2.05. The van der Waals surface area contributed by atoms with E-state index in [-0.39, 0.29) is 18.3 Å². The third-order valence-corrected chi connectivity index (χ3v) is 2.17. The minimum absolute atomic E-state index is 0. The number of carbonyl (C=O) groups is 1. The van der Waals surface area contributed by atoms with E-state index >= 15 is 0 Å². The molecule has 3 nitrogen and oxygen atoms in total. The minimum Gasteiger partial charge on any atom is -0.352 e. The van der Waals surface area contributed by atoms with Gasteiger partial charge in [0.25, 0.3) is 5.91 Å². The molecule has 0 unspecified atom stereocenters. The molecule has 0 fully saturated rings. The first kappa shape index (κ1) is 14.9. The van der Waals surface area contributed by atoms with Gasteiger partial charge in [0.1, 0.15) is 0 Å². The summed E-state index contributed by atoms with van der Waals surface area (Å²) in [4.78, 5) is 11.6. The molecule has 0 bridgehead atoms. The molecule has 0 radical (unpaired) electrons. The van der Waals surface area contributed by atoms with Crippen molar-refractivity contribution in [2.24, 2.45) is 0 Å². The van der Waals surface area contributed by atoms with Crippen LogP contribution in [0.15, 0.2) is 24.3 Å². The molecule has 0 aliphatic carbocycles. The molecule has 90 valence electrons. The molecule has 16 heavy (non-hydrogen) atoms. The topological polar surface area (TPSA) is 41.1 Å². The summed E-state index contributed by atoms with van der Waals surface area (Å²) in [7, 11) is 1.91. The maximum absolute atomic E-state index is 11.6. The number of nitrogens with one attached hydrogen (secondary N) is 2. The molecule has 1 aromatic carbocycles. The quantitative estimate of drug-likeness (QED) is 0.773. The zero-order valence-corrected chi connectivity index (χ0v) is 10.6. The van der Waals surface area contributed by atoms with Crippen LogP contribution in [0.3, 0.4) is 0 Å². The summed E-state index contributed by atoms with van der Waals surface area (Å²) in [5, 5.41) is 5.92. The van der Waals surface area contributed by atoms with Crippen LogP contribution in [-0.4, -0.2) is 26.0 Å². The Morgan fingerprint density at radius 2 is 2.06 bits per heavy atom. The Labute approximate surface area is 103 Å². The van der Waals surface area contributed by atoms with Gasteiger partial charge in [-0.25, -0.2) is 0 Å². The van der Waals surface area contributed by atoms with Gasteiger partial charge in [-0.15, -0.1) is 12.4 Å². The summed E-state index contributed by atoms with van der Waals surface area (Å²) >= 11 is 0. The molecule has 4 heteroatoms. The number of halogens is 1. The standard InChI is InChI=1S/C12H18N2O.ClH/c1-10-5-3-6-11(9-10)12(15)14-8-4-7-13-2;/h3,5-6,9,13H,4,7-8H2,1-2H3,(H,14,15);1H. The number of hydrogen-bond donors (Lipinski definition) is 2. The number of benzene rings is 1. The number of rotatable bonds is 5. The first-order valence-corrected chi connectivity index (χ1v) is 5.23. The van der Waals surface area contributed by atoms with E-state index in [0.29, 0.717) is 6.54 Å². The van der Waals surface area contributed by atoms with Crippen molar-refractivity contribution in [1.82, 2.24) is 10.6 Å². The van der Waals surface area contributed by atoms with Gasteiger partial charge in [-0.1, -0.05) is 17.7 Å². The van der Waals surface area contributed by atoms with Crippen LogP contribution in [0.4, 0.5) is 0 Å². The van der Waals surface area contributed by atoms with Gasteiger partial charge in [0.2, 0.25) is 0 Å². The fourth-order valence-electron chi connectivity index (χ4n) is 1.36. The summed E-state index contributed by atoms with van der Waals surface area (Å²) in [6.45, 7) is 3.62. The molecule has 1 aromatic rings.